The first-order valence-electron chi connectivity index (χ1n) is 8.22. The Morgan fingerprint density at radius 1 is 1.07 bits per heavy atom. The maximum atomic E-state index is 13.0. The number of hydrogen-bond acceptors (Lipinski definition) is 5. The summed E-state index contributed by atoms with van der Waals surface area (Å²) in [6, 6.07) is 16.2. The number of aromatic nitrogens is 1. The fraction of sp³-hybridized carbons (Fsp3) is 0. The van der Waals surface area contributed by atoms with Gasteiger partial charge in [0, 0.05) is 17.7 Å². The average Bonchev–Trinajstić information content (AvgIpc) is 3.12. The number of nitro groups is 1. The Hall–Kier alpha value is -4.07. The van der Waals surface area contributed by atoms with E-state index in [4.69, 9.17) is 4.42 Å². The number of halogens is 1. The van der Waals surface area contributed by atoms with E-state index in [2.05, 4.69) is 10.3 Å². The molecule has 4 rings (SSSR count). The predicted molar refractivity (Wildman–Crippen MR) is 100 cm³/mol. The van der Waals surface area contributed by atoms with Gasteiger partial charge in [0.25, 0.3) is 11.6 Å². The van der Waals surface area contributed by atoms with Crippen molar-refractivity contribution in [3.05, 3.63) is 88.2 Å². The molecule has 1 heterocycles. The number of non-ortho nitro benzene ring substituents is 1. The summed E-state index contributed by atoms with van der Waals surface area (Å²) >= 11 is 0. The van der Waals surface area contributed by atoms with Gasteiger partial charge >= 0.3 is 0 Å². The highest BCUT2D eigenvalue weighted by Crippen LogP contribution is 2.31. The molecule has 8 heteroatoms. The third kappa shape index (κ3) is 3.30. The highest BCUT2D eigenvalue weighted by Gasteiger charge is 2.16. The SMILES string of the molecule is O=C(Nc1ccccc1-c1nc2cc([N+](=O)[O-])ccc2o1)c1ccc(F)cc1. The van der Waals surface area contributed by atoms with Crippen molar-refractivity contribution in [1.29, 1.82) is 0 Å². The summed E-state index contributed by atoms with van der Waals surface area (Å²) in [4.78, 5) is 27.2. The fourth-order valence-electron chi connectivity index (χ4n) is 2.72. The largest absolute Gasteiger partial charge is 0.436 e. The molecule has 0 fully saturated rings. The lowest BCUT2D eigenvalue weighted by molar-refractivity contribution is -0.384. The van der Waals surface area contributed by atoms with Crippen LogP contribution in [0.25, 0.3) is 22.6 Å². The summed E-state index contributed by atoms with van der Waals surface area (Å²) in [6.45, 7) is 0. The third-order valence-corrected chi connectivity index (χ3v) is 4.09. The van der Waals surface area contributed by atoms with Crippen LogP contribution in [0.3, 0.4) is 0 Å². The first-order valence-corrected chi connectivity index (χ1v) is 8.22. The topological polar surface area (TPSA) is 98.3 Å². The zero-order chi connectivity index (χ0) is 19.7. The number of benzene rings is 3. The van der Waals surface area contributed by atoms with E-state index in [1.54, 1.807) is 24.3 Å². The number of nitro benzene ring substituents is 1. The van der Waals surface area contributed by atoms with E-state index < -0.39 is 16.6 Å². The second-order valence-corrected chi connectivity index (χ2v) is 5.93. The van der Waals surface area contributed by atoms with Crippen molar-refractivity contribution in [3.63, 3.8) is 0 Å². The molecule has 0 aliphatic heterocycles. The number of para-hydroxylation sites is 1. The summed E-state index contributed by atoms with van der Waals surface area (Å²) in [5, 5.41) is 13.7. The molecule has 0 bridgehead atoms. The van der Waals surface area contributed by atoms with Crippen LogP contribution in [-0.2, 0) is 0 Å². The van der Waals surface area contributed by atoms with Gasteiger partial charge in [-0.05, 0) is 42.5 Å². The molecule has 0 radical (unpaired) electrons. The fourth-order valence-corrected chi connectivity index (χ4v) is 2.72. The van der Waals surface area contributed by atoms with Crippen molar-refractivity contribution in [2.24, 2.45) is 0 Å². The molecule has 28 heavy (non-hydrogen) atoms. The van der Waals surface area contributed by atoms with Crippen LogP contribution in [-0.4, -0.2) is 15.8 Å². The Bertz CT molecular complexity index is 1200. The van der Waals surface area contributed by atoms with Crippen LogP contribution in [0.15, 0.2) is 71.1 Å². The average molecular weight is 377 g/mol. The highest BCUT2D eigenvalue weighted by molar-refractivity contribution is 6.06. The quantitative estimate of drug-likeness (QED) is 0.407. The van der Waals surface area contributed by atoms with E-state index in [1.807, 2.05) is 0 Å². The van der Waals surface area contributed by atoms with Crippen LogP contribution in [0.5, 0.6) is 0 Å². The Labute approximate surface area is 157 Å². The van der Waals surface area contributed by atoms with Gasteiger partial charge in [0.1, 0.15) is 11.3 Å². The zero-order valence-corrected chi connectivity index (χ0v) is 14.3. The summed E-state index contributed by atoms with van der Waals surface area (Å²) in [7, 11) is 0. The van der Waals surface area contributed by atoms with Crippen molar-refractivity contribution in [3.8, 4) is 11.5 Å². The Morgan fingerprint density at radius 3 is 2.57 bits per heavy atom. The molecular formula is C20H12FN3O4. The van der Waals surface area contributed by atoms with E-state index in [0.29, 0.717) is 27.9 Å². The lowest BCUT2D eigenvalue weighted by Gasteiger charge is -2.08. The lowest BCUT2D eigenvalue weighted by atomic mass is 10.1. The van der Waals surface area contributed by atoms with Gasteiger partial charge in [-0.1, -0.05) is 12.1 Å². The van der Waals surface area contributed by atoms with Gasteiger partial charge in [-0.3, -0.25) is 14.9 Å². The minimum Gasteiger partial charge on any atom is -0.436 e. The Morgan fingerprint density at radius 2 is 1.82 bits per heavy atom. The van der Waals surface area contributed by atoms with Crippen LogP contribution >= 0.6 is 0 Å². The minimum absolute atomic E-state index is 0.0924. The summed E-state index contributed by atoms with van der Waals surface area (Å²) < 4.78 is 18.7. The second kappa shape index (κ2) is 6.92. The zero-order valence-electron chi connectivity index (χ0n) is 14.3. The molecule has 7 nitrogen and oxygen atoms in total. The number of carbonyl (C=O) groups excluding carboxylic acids is 1. The third-order valence-electron chi connectivity index (χ3n) is 4.09. The minimum atomic E-state index is -0.509. The summed E-state index contributed by atoms with van der Waals surface area (Å²) in [6.07, 6.45) is 0. The maximum absolute atomic E-state index is 13.0. The van der Waals surface area contributed by atoms with Gasteiger partial charge in [0.15, 0.2) is 5.58 Å². The monoisotopic (exact) mass is 377 g/mol. The Balaban J connectivity index is 1.69. The van der Waals surface area contributed by atoms with Gasteiger partial charge in [0.05, 0.1) is 16.2 Å². The number of rotatable bonds is 4. The molecular weight excluding hydrogens is 365 g/mol. The van der Waals surface area contributed by atoms with Crippen LogP contribution < -0.4 is 5.32 Å². The van der Waals surface area contributed by atoms with Crippen LogP contribution in [0, 0.1) is 15.9 Å². The number of nitrogens with one attached hydrogen (secondary N) is 1. The highest BCUT2D eigenvalue weighted by atomic mass is 19.1. The number of oxazole rings is 1. The van der Waals surface area contributed by atoms with Crippen molar-refractivity contribution in [2.45, 2.75) is 0 Å². The number of carbonyl (C=O) groups is 1. The van der Waals surface area contributed by atoms with E-state index in [0.717, 1.165) is 0 Å². The summed E-state index contributed by atoms with van der Waals surface area (Å²) in [5.41, 5.74) is 1.88. The molecule has 3 aromatic carbocycles. The van der Waals surface area contributed by atoms with Gasteiger partial charge in [-0.15, -0.1) is 0 Å². The lowest BCUT2D eigenvalue weighted by Crippen LogP contribution is -2.12. The molecule has 4 aromatic rings. The number of nitrogens with zero attached hydrogens (tertiary/aromatic N) is 2. The molecule has 0 aliphatic rings. The van der Waals surface area contributed by atoms with Gasteiger partial charge in [-0.2, -0.15) is 0 Å². The molecule has 0 atom stereocenters. The number of fused-ring (bicyclic) bond motifs is 1. The number of hydrogen-bond donors (Lipinski definition) is 1. The van der Waals surface area contributed by atoms with Crippen molar-refractivity contribution >= 4 is 28.4 Å². The van der Waals surface area contributed by atoms with Crippen LogP contribution in [0.2, 0.25) is 0 Å². The maximum Gasteiger partial charge on any atom is 0.271 e. The molecule has 138 valence electrons. The van der Waals surface area contributed by atoms with Crippen molar-refractivity contribution < 1.29 is 18.5 Å². The molecule has 1 N–H and O–H groups in total. The van der Waals surface area contributed by atoms with E-state index in [-0.39, 0.29) is 11.6 Å². The van der Waals surface area contributed by atoms with E-state index in [9.17, 15) is 19.3 Å². The van der Waals surface area contributed by atoms with Gasteiger partial charge < -0.3 is 9.73 Å². The van der Waals surface area contributed by atoms with Gasteiger partial charge in [0.2, 0.25) is 5.89 Å². The smallest absolute Gasteiger partial charge is 0.271 e. The van der Waals surface area contributed by atoms with Crippen LogP contribution in [0.4, 0.5) is 15.8 Å². The van der Waals surface area contributed by atoms with E-state index >= 15 is 0 Å². The number of anilines is 1. The van der Waals surface area contributed by atoms with Crippen LogP contribution in [0.1, 0.15) is 10.4 Å². The Kier molecular flexibility index (Phi) is 4.29. The first kappa shape index (κ1) is 17.3. The molecule has 1 amide bonds. The van der Waals surface area contributed by atoms with Gasteiger partial charge in [-0.25, -0.2) is 9.37 Å². The molecule has 0 saturated carbocycles. The molecule has 0 unspecified atom stereocenters. The second-order valence-electron chi connectivity index (χ2n) is 5.93. The van der Waals surface area contributed by atoms with Crippen molar-refractivity contribution in [1.82, 2.24) is 4.98 Å². The predicted octanol–water partition coefficient (Wildman–Crippen LogP) is 4.79. The summed E-state index contributed by atoms with van der Waals surface area (Å²) in [5.74, 6) is -0.637. The first-order chi connectivity index (χ1) is 13.5. The standard InChI is InChI=1S/C20H12FN3O4/c21-13-7-5-12(6-8-13)19(25)22-16-4-2-1-3-15(16)20-23-17-11-14(24(26)27)9-10-18(17)28-20/h1-11H,(H,22,25). The normalized spacial score (nSPS) is 10.8. The molecule has 0 saturated heterocycles. The number of amides is 1. The molecule has 0 aliphatic carbocycles. The van der Waals surface area contributed by atoms with Crippen molar-refractivity contribution in [2.75, 3.05) is 5.32 Å². The molecule has 0 spiro atoms. The van der Waals surface area contributed by atoms with E-state index in [1.165, 1.54) is 42.5 Å². The molecule has 1 aromatic heterocycles.